The van der Waals surface area contributed by atoms with Gasteiger partial charge in [0.15, 0.2) is 6.61 Å². The maximum absolute atomic E-state index is 12.6. The molecule has 0 atom stereocenters. The Labute approximate surface area is 158 Å². The van der Waals surface area contributed by atoms with E-state index in [0.29, 0.717) is 23.2 Å². The Morgan fingerprint density at radius 1 is 1.19 bits per heavy atom. The molecule has 0 spiro atoms. The lowest BCUT2D eigenvalue weighted by molar-refractivity contribution is -0.136. The number of rotatable bonds is 7. The lowest BCUT2D eigenvalue weighted by atomic mass is 10.2. The molecule has 140 valence electrons. The highest BCUT2D eigenvalue weighted by Crippen LogP contribution is 2.15. The van der Waals surface area contributed by atoms with E-state index in [-0.39, 0.29) is 25.1 Å². The third-order valence-corrected chi connectivity index (χ3v) is 3.99. The van der Waals surface area contributed by atoms with Gasteiger partial charge in [0, 0.05) is 12.2 Å². The van der Waals surface area contributed by atoms with Crippen LogP contribution < -0.4 is 4.74 Å². The fourth-order valence-electron chi connectivity index (χ4n) is 2.49. The lowest BCUT2D eigenvalue weighted by Gasteiger charge is -2.25. The average molecular weight is 366 g/mol. The number of aromatic nitrogens is 3. The van der Waals surface area contributed by atoms with Gasteiger partial charge in [-0.2, -0.15) is 4.98 Å². The van der Waals surface area contributed by atoms with Gasteiger partial charge < -0.3 is 14.2 Å². The van der Waals surface area contributed by atoms with Crippen molar-refractivity contribution < 1.29 is 14.1 Å². The van der Waals surface area contributed by atoms with Gasteiger partial charge in [-0.15, -0.1) is 0 Å². The molecule has 1 aromatic carbocycles. The number of pyridine rings is 1. The van der Waals surface area contributed by atoms with Crippen LogP contribution in [0.25, 0.3) is 11.5 Å². The summed E-state index contributed by atoms with van der Waals surface area (Å²) in [5.41, 5.74) is 1.76. The summed E-state index contributed by atoms with van der Waals surface area (Å²) in [4.78, 5) is 22.8. The maximum atomic E-state index is 12.6. The minimum atomic E-state index is -0.150. The zero-order valence-corrected chi connectivity index (χ0v) is 15.6. The number of hydrogen-bond donors (Lipinski definition) is 0. The first-order valence-electron chi connectivity index (χ1n) is 8.76. The van der Waals surface area contributed by atoms with Crippen molar-refractivity contribution in [2.24, 2.45) is 0 Å². The first-order chi connectivity index (χ1) is 13.0. The third kappa shape index (κ3) is 4.91. The van der Waals surface area contributed by atoms with E-state index in [2.05, 4.69) is 15.1 Å². The van der Waals surface area contributed by atoms with Gasteiger partial charge in [-0.3, -0.25) is 9.78 Å². The second-order valence-electron chi connectivity index (χ2n) is 6.44. The first kappa shape index (κ1) is 18.6. The summed E-state index contributed by atoms with van der Waals surface area (Å²) < 4.78 is 10.9. The van der Waals surface area contributed by atoms with Crippen molar-refractivity contribution in [1.82, 2.24) is 20.0 Å². The molecule has 0 unspecified atom stereocenters. The number of aryl methyl sites for hydroxylation is 1. The molecule has 0 aliphatic rings. The van der Waals surface area contributed by atoms with Gasteiger partial charge in [-0.25, -0.2) is 0 Å². The van der Waals surface area contributed by atoms with Crippen LogP contribution in [0.2, 0.25) is 0 Å². The SMILES string of the molecule is Cc1ccc(OCC(=O)N(Cc2nc(-c3ccccn3)no2)C(C)C)cc1. The van der Waals surface area contributed by atoms with E-state index in [0.717, 1.165) is 5.56 Å². The molecule has 0 bridgehead atoms. The molecule has 3 aromatic rings. The molecule has 0 aliphatic carbocycles. The molecule has 0 saturated carbocycles. The number of amides is 1. The van der Waals surface area contributed by atoms with Gasteiger partial charge in [0.25, 0.3) is 5.91 Å². The van der Waals surface area contributed by atoms with Crippen LogP contribution in [-0.2, 0) is 11.3 Å². The Balaban J connectivity index is 1.64. The van der Waals surface area contributed by atoms with Crippen LogP contribution in [0, 0.1) is 6.92 Å². The van der Waals surface area contributed by atoms with Gasteiger partial charge in [-0.1, -0.05) is 28.9 Å². The topological polar surface area (TPSA) is 81.4 Å². The molecule has 27 heavy (non-hydrogen) atoms. The summed E-state index contributed by atoms with van der Waals surface area (Å²) in [5, 5.41) is 3.94. The van der Waals surface area contributed by atoms with E-state index in [1.165, 1.54) is 0 Å². The van der Waals surface area contributed by atoms with E-state index in [1.54, 1.807) is 17.2 Å². The number of ether oxygens (including phenoxy) is 1. The fraction of sp³-hybridized carbons (Fsp3) is 0.300. The summed E-state index contributed by atoms with van der Waals surface area (Å²) in [7, 11) is 0. The highest BCUT2D eigenvalue weighted by Gasteiger charge is 2.21. The average Bonchev–Trinajstić information content (AvgIpc) is 3.15. The Morgan fingerprint density at radius 2 is 1.96 bits per heavy atom. The quantitative estimate of drug-likeness (QED) is 0.638. The van der Waals surface area contributed by atoms with Crippen LogP contribution >= 0.6 is 0 Å². The molecule has 0 N–H and O–H groups in total. The van der Waals surface area contributed by atoms with Crippen LogP contribution in [-0.4, -0.2) is 38.6 Å². The van der Waals surface area contributed by atoms with E-state index < -0.39 is 0 Å². The molecule has 7 heteroatoms. The van der Waals surface area contributed by atoms with Crippen molar-refractivity contribution >= 4 is 5.91 Å². The van der Waals surface area contributed by atoms with Crippen LogP contribution in [0.5, 0.6) is 5.75 Å². The van der Waals surface area contributed by atoms with Crippen molar-refractivity contribution in [3.05, 3.63) is 60.1 Å². The molecule has 2 aromatic heterocycles. The van der Waals surface area contributed by atoms with Crippen molar-refractivity contribution in [3.8, 4) is 17.3 Å². The van der Waals surface area contributed by atoms with Gasteiger partial charge in [0.05, 0.1) is 0 Å². The maximum Gasteiger partial charge on any atom is 0.261 e. The predicted octanol–water partition coefficient (Wildman–Crippen LogP) is 3.26. The number of nitrogens with zero attached hydrogens (tertiary/aromatic N) is 4. The van der Waals surface area contributed by atoms with Crippen LogP contribution in [0.4, 0.5) is 0 Å². The van der Waals surface area contributed by atoms with E-state index in [9.17, 15) is 4.79 Å². The third-order valence-electron chi connectivity index (χ3n) is 3.99. The number of carbonyl (C=O) groups is 1. The number of hydrogen-bond acceptors (Lipinski definition) is 6. The van der Waals surface area contributed by atoms with E-state index >= 15 is 0 Å². The zero-order chi connectivity index (χ0) is 19.2. The van der Waals surface area contributed by atoms with Gasteiger partial charge >= 0.3 is 0 Å². The van der Waals surface area contributed by atoms with Crippen LogP contribution in [0.3, 0.4) is 0 Å². The summed E-state index contributed by atoms with van der Waals surface area (Å²) in [5.74, 6) is 1.27. The molecule has 1 amide bonds. The minimum Gasteiger partial charge on any atom is -0.484 e. The van der Waals surface area contributed by atoms with Gasteiger partial charge in [0.1, 0.15) is 18.0 Å². The smallest absolute Gasteiger partial charge is 0.261 e. The van der Waals surface area contributed by atoms with Crippen molar-refractivity contribution in [1.29, 1.82) is 0 Å². The number of carbonyl (C=O) groups excluding carboxylic acids is 1. The molecule has 7 nitrogen and oxygen atoms in total. The summed E-state index contributed by atoms with van der Waals surface area (Å²) in [6.45, 7) is 6.02. The standard InChI is InChI=1S/C20H22N4O3/c1-14(2)24(19(25)13-26-16-9-7-15(3)8-10-16)12-18-22-20(23-27-18)17-6-4-5-11-21-17/h4-11,14H,12-13H2,1-3H3. The molecular weight excluding hydrogens is 344 g/mol. The summed E-state index contributed by atoms with van der Waals surface area (Å²) in [6.07, 6.45) is 1.66. The molecule has 2 heterocycles. The number of benzene rings is 1. The Bertz CT molecular complexity index is 876. The highest BCUT2D eigenvalue weighted by atomic mass is 16.5. The largest absolute Gasteiger partial charge is 0.484 e. The Hall–Kier alpha value is -3.22. The van der Waals surface area contributed by atoms with Crippen LogP contribution in [0.15, 0.2) is 53.2 Å². The van der Waals surface area contributed by atoms with E-state index in [4.69, 9.17) is 9.26 Å². The Morgan fingerprint density at radius 3 is 2.63 bits per heavy atom. The molecule has 0 radical (unpaired) electrons. The lowest BCUT2D eigenvalue weighted by Crippen LogP contribution is -2.39. The first-order valence-corrected chi connectivity index (χ1v) is 8.76. The second-order valence-corrected chi connectivity index (χ2v) is 6.44. The molecule has 3 rings (SSSR count). The van der Waals surface area contributed by atoms with Crippen LogP contribution in [0.1, 0.15) is 25.3 Å². The van der Waals surface area contributed by atoms with Crippen molar-refractivity contribution in [2.45, 2.75) is 33.4 Å². The summed E-state index contributed by atoms with van der Waals surface area (Å²) >= 11 is 0. The molecular formula is C20H22N4O3. The summed E-state index contributed by atoms with van der Waals surface area (Å²) in [6, 6.07) is 13.0. The Kier molecular flexibility index (Phi) is 5.80. The zero-order valence-electron chi connectivity index (χ0n) is 15.6. The predicted molar refractivity (Wildman–Crippen MR) is 99.9 cm³/mol. The van der Waals surface area contributed by atoms with Crippen molar-refractivity contribution in [2.75, 3.05) is 6.61 Å². The van der Waals surface area contributed by atoms with Crippen molar-refractivity contribution in [3.63, 3.8) is 0 Å². The normalized spacial score (nSPS) is 10.8. The molecule has 0 saturated heterocycles. The highest BCUT2D eigenvalue weighted by molar-refractivity contribution is 5.78. The van der Waals surface area contributed by atoms with E-state index in [1.807, 2.05) is 57.2 Å². The fourth-order valence-corrected chi connectivity index (χ4v) is 2.49. The minimum absolute atomic E-state index is 0.0377. The molecule has 0 aliphatic heterocycles. The monoisotopic (exact) mass is 366 g/mol. The molecule has 0 fully saturated rings. The second kappa shape index (κ2) is 8.44. The van der Waals surface area contributed by atoms with Gasteiger partial charge in [0.2, 0.25) is 11.7 Å². The van der Waals surface area contributed by atoms with Gasteiger partial charge in [-0.05, 0) is 45.0 Å².